The standard InChI is InChI=1S/C17H16N2O2/c1-11-4-3-5-15(16(11)19)17(20)21-10-14-7-6-13(9-18)8-12(14)2/h3-8H,10,19H2,1-2H3. The number of carbonyl (C=O) groups is 1. The summed E-state index contributed by atoms with van der Waals surface area (Å²) in [5, 5.41) is 8.83. The second-order valence-corrected chi connectivity index (χ2v) is 4.87. The fraction of sp³-hybridized carbons (Fsp3) is 0.176. The van der Waals surface area contributed by atoms with Gasteiger partial charge in [0, 0.05) is 5.69 Å². The maximum absolute atomic E-state index is 12.1. The lowest BCUT2D eigenvalue weighted by atomic mass is 10.1. The molecule has 0 atom stereocenters. The van der Waals surface area contributed by atoms with Gasteiger partial charge in [0.2, 0.25) is 0 Å². The molecule has 0 spiro atoms. The molecule has 0 aliphatic rings. The molecule has 2 N–H and O–H groups in total. The minimum Gasteiger partial charge on any atom is -0.457 e. The number of aryl methyl sites for hydroxylation is 2. The van der Waals surface area contributed by atoms with E-state index in [-0.39, 0.29) is 6.61 Å². The number of anilines is 1. The van der Waals surface area contributed by atoms with Crippen molar-refractivity contribution >= 4 is 11.7 Å². The molecular weight excluding hydrogens is 264 g/mol. The molecular formula is C17H16N2O2. The maximum Gasteiger partial charge on any atom is 0.340 e. The smallest absolute Gasteiger partial charge is 0.340 e. The molecule has 4 heteroatoms. The first-order valence-corrected chi connectivity index (χ1v) is 6.54. The second kappa shape index (κ2) is 6.10. The number of rotatable bonds is 3. The van der Waals surface area contributed by atoms with Gasteiger partial charge in [-0.05, 0) is 48.7 Å². The number of benzene rings is 2. The van der Waals surface area contributed by atoms with Crippen LogP contribution in [0.5, 0.6) is 0 Å². The van der Waals surface area contributed by atoms with Crippen LogP contribution in [0.4, 0.5) is 5.69 Å². The topological polar surface area (TPSA) is 76.1 Å². The van der Waals surface area contributed by atoms with Gasteiger partial charge in [0.25, 0.3) is 0 Å². The number of hydrogen-bond acceptors (Lipinski definition) is 4. The molecule has 2 aromatic rings. The van der Waals surface area contributed by atoms with Crippen molar-refractivity contribution in [3.63, 3.8) is 0 Å². The van der Waals surface area contributed by atoms with Crippen molar-refractivity contribution < 1.29 is 9.53 Å². The van der Waals surface area contributed by atoms with Crippen molar-refractivity contribution in [1.29, 1.82) is 5.26 Å². The quantitative estimate of drug-likeness (QED) is 0.692. The molecule has 0 radical (unpaired) electrons. The molecule has 2 aromatic carbocycles. The van der Waals surface area contributed by atoms with Gasteiger partial charge in [0.1, 0.15) is 6.61 Å². The molecule has 0 aromatic heterocycles. The number of ether oxygens (including phenoxy) is 1. The summed E-state index contributed by atoms with van der Waals surface area (Å²) in [7, 11) is 0. The Balaban J connectivity index is 2.11. The van der Waals surface area contributed by atoms with Gasteiger partial charge in [-0.15, -0.1) is 0 Å². The van der Waals surface area contributed by atoms with Gasteiger partial charge in [-0.25, -0.2) is 4.79 Å². The fourth-order valence-electron chi connectivity index (χ4n) is 2.01. The van der Waals surface area contributed by atoms with E-state index in [1.807, 2.05) is 19.9 Å². The van der Waals surface area contributed by atoms with Crippen molar-refractivity contribution in [3.8, 4) is 6.07 Å². The molecule has 0 fully saturated rings. The van der Waals surface area contributed by atoms with Crippen molar-refractivity contribution in [2.75, 3.05) is 5.73 Å². The molecule has 0 heterocycles. The SMILES string of the molecule is Cc1cc(C#N)ccc1COC(=O)c1cccc(C)c1N. The molecule has 21 heavy (non-hydrogen) atoms. The van der Waals surface area contributed by atoms with E-state index < -0.39 is 5.97 Å². The molecule has 0 saturated heterocycles. The first-order chi connectivity index (χ1) is 10.0. The van der Waals surface area contributed by atoms with Crippen LogP contribution in [0.2, 0.25) is 0 Å². The van der Waals surface area contributed by atoms with E-state index in [0.29, 0.717) is 16.8 Å². The zero-order chi connectivity index (χ0) is 15.4. The summed E-state index contributed by atoms with van der Waals surface area (Å²) in [6, 6.07) is 12.6. The van der Waals surface area contributed by atoms with Gasteiger partial charge < -0.3 is 10.5 Å². The van der Waals surface area contributed by atoms with Crippen LogP contribution in [0.15, 0.2) is 36.4 Å². The minimum atomic E-state index is -0.444. The van der Waals surface area contributed by atoms with Crippen molar-refractivity contribution in [2.45, 2.75) is 20.5 Å². The second-order valence-electron chi connectivity index (χ2n) is 4.87. The lowest BCUT2D eigenvalue weighted by Crippen LogP contribution is -2.09. The van der Waals surface area contributed by atoms with Crippen LogP contribution < -0.4 is 5.73 Å². The summed E-state index contributed by atoms with van der Waals surface area (Å²) in [6.07, 6.45) is 0. The van der Waals surface area contributed by atoms with Gasteiger partial charge in [0.05, 0.1) is 17.2 Å². The Morgan fingerprint density at radius 1 is 1.24 bits per heavy atom. The number of nitriles is 1. The van der Waals surface area contributed by atoms with Crippen LogP contribution in [0, 0.1) is 25.2 Å². The molecule has 106 valence electrons. The Morgan fingerprint density at radius 2 is 2.00 bits per heavy atom. The predicted octanol–water partition coefficient (Wildman–Crippen LogP) is 3.11. The lowest BCUT2D eigenvalue weighted by molar-refractivity contribution is 0.0473. The normalized spacial score (nSPS) is 9.95. The summed E-state index contributed by atoms with van der Waals surface area (Å²) in [5.74, 6) is -0.444. The van der Waals surface area contributed by atoms with Gasteiger partial charge in [0.15, 0.2) is 0 Å². The van der Waals surface area contributed by atoms with Crippen LogP contribution >= 0.6 is 0 Å². The minimum absolute atomic E-state index is 0.157. The number of hydrogen-bond donors (Lipinski definition) is 1. The number of nitrogen functional groups attached to an aromatic ring is 1. The van der Waals surface area contributed by atoms with E-state index >= 15 is 0 Å². The van der Waals surface area contributed by atoms with Crippen LogP contribution in [-0.2, 0) is 11.3 Å². The Labute approximate surface area is 123 Å². The highest BCUT2D eigenvalue weighted by molar-refractivity contribution is 5.95. The maximum atomic E-state index is 12.1. The molecule has 2 rings (SSSR count). The van der Waals surface area contributed by atoms with Gasteiger partial charge in [-0.2, -0.15) is 5.26 Å². The zero-order valence-corrected chi connectivity index (χ0v) is 12.0. The highest BCUT2D eigenvalue weighted by Crippen LogP contribution is 2.19. The number of nitrogens with two attached hydrogens (primary N) is 1. The zero-order valence-electron chi connectivity index (χ0n) is 12.0. The Hall–Kier alpha value is -2.80. The van der Waals surface area contributed by atoms with Crippen LogP contribution in [0.3, 0.4) is 0 Å². The fourth-order valence-corrected chi connectivity index (χ4v) is 2.01. The van der Waals surface area contributed by atoms with Crippen molar-refractivity contribution in [2.24, 2.45) is 0 Å². The van der Waals surface area contributed by atoms with E-state index in [1.165, 1.54) is 0 Å². The van der Waals surface area contributed by atoms with E-state index in [9.17, 15) is 4.79 Å². The summed E-state index contributed by atoms with van der Waals surface area (Å²) >= 11 is 0. The molecule has 0 bridgehead atoms. The molecule has 0 amide bonds. The van der Waals surface area contributed by atoms with Crippen molar-refractivity contribution in [1.82, 2.24) is 0 Å². The van der Waals surface area contributed by atoms with E-state index in [2.05, 4.69) is 6.07 Å². The number of para-hydroxylation sites is 1. The number of esters is 1. The van der Waals surface area contributed by atoms with Crippen LogP contribution in [-0.4, -0.2) is 5.97 Å². The third kappa shape index (κ3) is 3.21. The number of carbonyl (C=O) groups excluding carboxylic acids is 1. The summed E-state index contributed by atoms with van der Waals surface area (Å²) in [6.45, 7) is 3.88. The largest absolute Gasteiger partial charge is 0.457 e. The van der Waals surface area contributed by atoms with Crippen LogP contribution in [0.25, 0.3) is 0 Å². The molecule has 4 nitrogen and oxygen atoms in total. The molecule has 0 aliphatic heterocycles. The predicted molar refractivity (Wildman–Crippen MR) is 80.6 cm³/mol. The Kier molecular flexibility index (Phi) is 4.24. The lowest BCUT2D eigenvalue weighted by Gasteiger charge is -2.10. The van der Waals surface area contributed by atoms with E-state index in [4.69, 9.17) is 15.7 Å². The third-order valence-electron chi connectivity index (χ3n) is 3.37. The summed E-state index contributed by atoms with van der Waals surface area (Å²) in [5.41, 5.74) is 9.92. The third-order valence-corrected chi connectivity index (χ3v) is 3.37. The first kappa shape index (κ1) is 14.6. The average molecular weight is 280 g/mol. The van der Waals surface area contributed by atoms with Gasteiger partial charge in [-0.1, -0.05) is 18.2 Å². The molecule has 0 saturated carbocycles. The number of nitrogens with zero attached hydrogens (tertiary/aromatic N) is 1. The Bertz CT molecular complexity index is 730. The average Bonchev–Trinajstić information content (AvgIpc) is 2.48. The van der Waals surface area contributed by atoms with Crippen LogP contribution in [0.1, 0.15) is 32.6 Å². The van der Waals surface area contributed by atoms with E-state index in [0.717, 1.165) is 16.7 Å². The first-order valence-electron chi connectivity index (χ1n) is 6.54. The van der Waals surface area contributed by atoms with Gasteiger partial charge >= 0.3 is 5.97 Å². The van der Waals surface area contributed by atoms with Crippen molar-refractivity contribution in [3.05, 3.63) is 64.2 Å². The highest BCUT2D eigenvalue weighted by atomic mass is 16.5. The highest BCUT2D eigenvalue weighted by Gasteiger charge is 2.13. The van der Waals surface area contributed by atoms with Gasteiger partial charge in [-0.3, -0.25) is 0 Å². The molecule has 0 aliphatic carbocycles. The Morgan fingerprint density at radius 3 is 2.67 bits per heavy atom. The summed E-state index contributed by atoms with van der Waals surface area (Å²) < 4.78 is 5.30. The van der Waals surface area contributed by atoms with E-state index in [1.54, 1.807) is 30.3 Å². The monoisotopic (exact) mass is 280 g/mol. The molecule has 0 unspecified atom stereocenters. The summed E-state index contributed by atoms with van der Waals surface area (Å²) in [4.78, 5) is 12.1.